The van der Waals surface area contributed by atoms with Gasteiger partial charge in [0.05, 0.1) is 13.3 Å². The average molecular weight is 393 g/mol. The van der Waals surface area contributed by atoms with Crippen LogP contribution in [0, 0.1) is 0 Å². The SMILES string of the molecule is CCOc1ccc([C@@H]2CCCN2CN2C(=O)N[C@@H](Cc3ccccc3)C2=O)cc1. The summed E-state index contributed by atoms with van der Waals surface area (Å²) in [4.78, 5) is 28.9. The number of benzene rings is 2. The van der Waals surface area contributed by atoms with E-state index < -0.39 is 6.04 Å². The third kappa shape index (κ3) is 4.27. The second-order valence-corrected chi connectivity index (χ2v) is 7.57. The molecule has 1 N–H and O–H groups in total. The van der Waals surface area contributed by atoms with E-state index in [1.807, 2.05) is 49.4 Å². The molecule has 0 radical (unpaired) electrons. The molecule has 3 amide bonds. The van der Waals surface area contributed by atoms with Gasteiger partial charge in [0, 0.05) is 19.0 Å². The zero-order chi connectivity index (χ0) is 20.2. The maximum atomic E-state index is 12.9. The number of hydrogen-bond donors (Lipinski definition) is 1. The van der Waals surface area contributed by atoms with Crippen LogP contribution in [0.15, 0.2) is 54.6 Å². The number of rotatable bonds is 7. The Labute approximate surface area is 171 Å². The number of hydrogen-bond acceptors (Lipinski definition) is 4. The predicted molar refractivity (Wildman–Crippen MR) is 110 cm³/mol. The molecular weight excluding hydrogens is 366 g/mol. The minimum atomic E-state index is -0.489. The van der Waals surface area contributed by atoms with Gasteiger partial charge < -0.3 is 10.1 Å². The fraction of sp³-hybridized carbons (Fsp3) is 0.391. The molecule has 0 aromatic heterocycles. The van der Waals surface area contributed by atoms with E-state index in [2.05, 4.69) is 22.3 Å². The van der Waals surface area contributed by atoms with Crippen LogP contribution in [0.5, 0.6) is 5.75 Å². The lowest BCUT2D eigenvalue weighted by Gasteiger charge is -2.28. The molecule has 0 spiro atoms. The van der Waals surface area contributed by atoms with Crippen molar-refractivity contribution in [1.29, 1.82) is 0 Å². The molecule has 0 saturated carbocycles. The van der Waals surface area contributed by atoms with Crippen molar-refractivity contribution in [3.8, 4) is 5.75 Å². The summed E-state index contributed by atoms with van der Waals surface area (Å²) in [5, 5.41) is 2.85. The molecule has 29 heavy (non-hydrogen) atoms. The summed E-state index contributed by atoms with van der Waals surface area (Å²) in [7, 11) is 0. The van der Waals surface area contributed by atoms with E-state index in [0.717, 1.165) is 30.7 Å². The van der Waals surface area contributed by atoms with Crippen molar-refractivity contribution in [1.82, 2.24) is 15.1 Å². The van der Waals surface area contributed by atoms with Crippen molar-refractivity contribution in [2.75, 3.05) is 19.8 Å². The van der Waals surface area contributed by atoms with Crippen molar-refractivity contribution < 1.29 is 14.3 Å². The molecule has 2 heterocycles. The van der Waals surface area contributed by atoms with Crippen molar-refractivity contribution in [2.45, 2.75) is 38.3 Å². The zero-order valence-corrected chi connectivity index (χ0v) is 16.7. The summed E-state index contributed by atoms with van der Waals surface area (Å²) < 4.78 is 5.53. The van der Waals surface area contributed by atoms with Gasteiger partial charge in [-0.15, -0.1) is 0 Å². The van der Waals surface area contributed by atoms with Crippen LogP contribution in [-0.4, -0.2) is 47.6 Å². The number of ether oxygens (including phenoxy) is 1. The van der Waals surface area contributed by atoms with E-state index in [0.29, 0.717) is 19.7 Å². The summed E-state index contributed by atoms with van der Waals surface area (Å²) in [6, 6.07) is 17.3. The standard InChI is InChI=1S/C23H27N3O3/c1-2-29-19-12-10-18(11-13-19)21-9-6-14-25(21)16-26-22(27)20(24-23(26)28)15-17-7-4-3-5-8-17/h3-5,7-8,10-13,20-21H,2,6,9,14-16H2,1H3,(H,24,28)/t20-,21-/m0/s1. The summed E-state index contributed by atoms with van der Waals surface area (Å²) in [6.07, 6.45) is 2.59. The molecule has 2 saturated heterocycles. The quantitative estimate of drug-likeness (QED) is 0.733. The van der Waals surface area contributed by atoms with Gasteiger partial charge in [0.2, 0.25) is 0 Å². The first-order chi connectivity index (χ1) is 14.2. The van der Waals surface area contributed by atoms with Gasteiger partial charge in [0.15, 0.2) is 0 Å². The molecular formula is C23H27N3O3. The van der Waals surface area contributed by atoms with E-state index in [9.17, 15) is 9.59 Å². The molecule has 2 aromatic rings. The molecule has 6 heteroatoms. The molecule has 2 fully saturated rings. The highest BCUT2D eigenvalue weighted by atomic mass is 16.5. The van der Waals surface area contributed by atoms with Crippen LogP contribution in [0.1, 0.15) is 36.9 Å². The van der Waals surface area contributed by atoms with Gasteiger partial charge in [0.1, 0.15) is 11.8 Å². The summed E-state index contributed by atoms with van der Waals surface area (Å²) in [5.74, 6) is 0.717. The van der Waals surface area contributed by atoms with E-state index in [1.165, 1.54) is 10.5 Å². The van der Waals surface area contributed by atoms with Gasteiger partial charge in [-0.25, -0.2) is 9.69 Å². The molecule has 2 aliphatic rings. The fourth-order valence-electron chi connectivity index (χ4n) is 4.21. The van der Waals surface area contributed by atoms with Gasteiger partial charge >= 0.3 is 6.03 Å². The first-order valence-electron chi connectivity index (χ1n) is 10.3. The Morgan fingerprint density at radius 2 is 1.83 bits per heavy atom. The summed E-state index contributed by atoms with van der Waals surface area (Å²) in [5.41, 5.74) is 2.24. The van der Waals surface area contributed by atoms with E-state index in [1.54, 1.807) is 0 Å². The Morgan fingerprint density at radius 3 is 2.55 bits per heavy atom. The number of imide groups is 1. The Hall–Kier alpha value is -2.86. The monoisotopic (exact) mass is 393 g/mol. The third-order valence-electron chi connectivity index (χ3n) is 5.65. The zero-order valence-electron chi connectivity index (χ0n) is 16.7. The molecule has 6 nitrogen and oxygen atoms in total. The van der Waals surface area contributed by atoms with Crippen LogP contribution >= 0.6 is 0 Å². The Bertz CT molecular complexity index is 853. The van der Waals surface area contributed by atoms with Crippen LogP contribution in [0.25, 0.3) is 0 Å². The maximum Gasteiger partial charge on any atom is 0.325 e. The Morgan fingerprint density at radius 1 is 1.07 bits per heavy atom. The number of urea groups is 1. The van der Waals surface area contributed by atoms with E-state index >= 15 is 0 Å². The van der Waals surface area contributed by atoms with Crippen LogP contribution < -0.4 is 10.1 Å². The number of carbonyl (C=O) groups excluding carboxylic acids is 2. The van der Waals surface area contributed by atoms with E-state index in [4.69, 9.17) is 4.74 Å². The number of nitrogens with one attached hydrogen (secondary N) is 1. The molecule has 4 rings (SSSR count). The lowest BCUT2D eigenvalue weighted by Crippen LogP contribution is -2.41. The van der Waals surface area contributed by atoms with Gasteiger partial charge in [0.25, 0.3) is 5.91 Å². The normalized spacial score (nSPS) is 22.2. The van der Waals surface area contributed by atoms with Gasteiger partial charge in [-0.1, -0.05) is 42.5 Å². The number of carbonyl (C=O) groups is 2. The fourth-order valence-corrected chi connectivity index (χ4v) is 4.21. The van der Waals surface area contributed by atoms with E-state index in [-0.39, 0.29) is 18.0 Å². The van der Waals surface area contributed by atoms with Gasteiger partial charge in [-0.2, -0.15) is 0 Å². The summed E-state index contributed by atoms with van der Waals surface area (Å²) >= 11 is 0. The lowest BCUT2D eigenvalue weighted by atomic mass is 10.0. The van der Waals surface area contributed by atoms with Gasteiger partial charge in [-0.3, -0.25) is 9.69 Å². The second kappa shape index (κ2) is 8.66. The first-order valence-corrected chi connectivity index (χ1v) is 10.3. The molecule has 0 unspecified atom stereocenters. The molecule has 2 aromatic carbocycles. The first kappa shape index (κ1) is 19.5. The topological polar surface area (TPSA) is 61.9 Å². The largest absolute Gasteiger partial charge is 0.494 e. The number of amides is 3. The Balaban J connectivity index is 1.42. The highest BCUT2D eigenvalue weighted by molar-refractivity contribution is 6.04. The number of nitrogens with zero attached hydrogens (tertiary/aromatic N) is 2. The van der Waals surface area contributed by atoms with Crippen molar-refractivity contribution in [2.24, 2.45) is 0 Å². The predicted octanol–water partition coefficient (Wildman–Crippen LogP) is 3.34. The maximum absolute atomic E-state index is 12.9. The van der Waals surface area contributed by atoms with Crippen LogP contribution in [0.2, 0.25) is 0 Å². The van der Waals surface area contributed by atoms with Crippen molar-refractivity contribution >= 4 is 11.9 Å². The highest BCUT2D eigenvalue weighted by Gasteiger charge is 2.40. The second-order valence-electron chi connectivity index (χ2n) is 7.57. The summed E-state index contributed by atoms with van der Waals surface area (Å²) in [6.45, 7) is 3.81. The average Bonchev–Trinajstić information content (AvgIpc) is 3.30. The van der Waals surface area contributed by atoms with Crippen molar-refractivity contribution in [3.05, 3.63) is 65.7 Å². The molecule has 0 bridgehead atoms. The minimum absolute atomic E-state index is 0.142. The highest BCUT2D eigenvalue weighted by Crippen LogP contribution is 2.33. The minimum Gasteiger partial charge on any atom is -0.494 e. The van der Waals surface area contributed by atoms with Crippen LogP contribution in [-0.2, 0) is 11.2 Å². The van der Waals surface area contributed by atoms with Crippen LogP contribution in [0.3, 0.4) is 0 Å². The molecule has 0 aliphatic carbocycles. The lowest BCUT2D eigenvalue weighted by molar-refractivity contribution is -0.129. The molecule has 152 valence electrons. The smallest absolute Gasteiger partial charge is 0.325 e. The Kier molecular flexibility index (Phi) is 5.81. The third-order valence-corrected chi connectivity index (χ3v) is 5.65. The molecule has 2 aliphatic heterocycles. The number of likely N-dealkylation sites (tertiary alicyclic amines) is 1. The molecule has 2 atom stereocenters. The van der Waals surface area contributed by atoms with Crippen LogP contribution in [0.4, 0.5) is 4.79 Å². The van der Waals surface area contributed by atoms with Gasteiger partial charge in [-0.05, 0) is 43.0 Å². The van der Waals surface area contributed by atoms with Crippen molar-refractivity contribution in [3.63, 3.8) is 0 Å².